The highest BCUT2D eigenvalue weighted by Crippen LogP contribution is 2.23. The van der Waals surface area contributed by atoms with Gasteiger partial charge in [-0.2, -0.15) is 4.98 Å². The van der Waals surface area contributed by atoms with Gasteiger partial charge in [0.15, 0.2) is 11.2 Å². The predicted octanol–water partition coefficient (Wildman–Crippen LogP) is 1.57. The Kier molecular flexibility index (Phi) is 4.54. The molecule has 0 saturated carbocycles. The van der Waals surface area contributed by atoms with Crippen molar-refractivity contribution in [3.05, 3.63) is 31.9 Å². The van der Waals surface area contributed by atoms with Crippen molar-refractivity contribution < 1.29 is 0 Å². The number of aryl methyl sites for hydroxylation is 1. The molecule has 0 bridgehead atoms. The van der Waals surface area contributed by atoms with Crippen LogP contribution in [0.3, 0.4) is 0 Å². The number of hydrogen-bond donors (Lipinski definition) is 0. The molecule has 3 rings (SSSR count). The molecule has 0 atom stereocenters. The first-order chi connectivity index (χ1) is 11.4. The summed E-state index contributed by atoms with van der Waals surface area (Å²) in [5.74, 6) is 0.733. The Hall–Kier alpha value is -2.02. The zero-order valence-corrected chi connectivity index (χ0v) is 15.0. The van der Waals surface area contributed by atoms with Crippen LogP contribution >= 0.6 is 11.6 Å². The van der Waals surface area contributed by atoms with Crippen molar-refractivity contribution in [2.75, 3.05) is 18.0 Å². The molecule has 24 heavy (non-hydrogen) atoms. The fraction of sp³-hybridized carbons (Fsp3) is 0.562. The third-order valence-corrected chi connectivity index (χ3v) is 4.68. The summed E-state index contributed by atoms with van der Waals surface area (Å²) in [6, 6.07) is 0. The van der Waals surface area contributed by atoms with Crippen LogP contribution < -0.4 is 16.1 Å². The van der Waals surface area contributed by atoms with Gasteiger partial charge in [0, 0.05) is 38.8 Å². The summed E-state index contributed by atoms with van der Waals surface area (Å²) in [4.78, 5) is 31.7. The molecule has 3 heterocycles. The number of imidazole rings is 1. The molecule has 0 spiro atoms. The maximum atomic E-state index is 12.7. The Morgan fingerprint density at radius 2 is 1.83 bits per heavy atom. The molecule has 8 heteroatoms. The quantitative estimate of drug-likeness (QED) is 0.842. The SMILES string of the molecule is CC(Cl)=CCn1c(N2CCCCC2)nc2c1c(=O)n(C)c(=O)n2C. The molecule has 1 aliphatic heterocycles. The van der Waals surface area contributed by atoms with Crippen LogP contribution in [0.1, 0.15) is 26.2 Å². The molecular formula is C16H22ClN5O2. The first kappa shape index (κ1) is 16.8. The van der Waals surface area contributed by atoms with Crippen molar-refractivity contribution in [2.45, 2.75) is 32.7 Å². The Labute approximate surface area is 144 Å². The van der Waals surface area contributed by atoms with Gasteiger partial charge in [0.1, 0.15) is 0 Å². The number of allylic oxidation sites excluding steroid dienone is 2. The second kappa shape index (κ2) is 6.47. The Bertz CT molecular complexity index is 911. The smallest absolute Gasteiger partial charge is 0.332 e. The van der Waals surface area contributed by atoms with E-state index in [9.17, 15) is 9.59 Å². The maximum Gasteiger partial charge on any atom is 0.332 e. The van der Waals surface area contributed by atoms with Gasteiger partial charge in [0.2, 0.25) is 5.95 Å². The third-order valence-electron chi connectivity index (χ3n) is 4.52. The minimum atomic E-state index is -0.369. The van der Waals surface area contributed by atoms with E-state index in [4.69, 9.17) is 11.6 Å². The van der Waals surface area contributed by atoms with Gasteiger partial charge in [-0.25, -0.2) is 4.79 Å². The molecule has 2 aromatic rings. The van der Waals surface area contributed by atoms with Crippen LogP contribution in [0.2, 0.25) is 0 Å². The summed E-state index contributed by atoms with van der Waals surface area (Å²) < 4.78 is 4.42. The van der Waals surface area contributed by atoms with Gasteiger partial charge in [-0.15, -0.1) is 0 Å². The van der Waals surface area contributed by atoms with E-state index in [1.807, 2.05) is 10.6 Å². The molecule has 1 fully saturated rings. The van der Waals surface area contributed by atoms with E-state index in [1.165, 1.54) is 18.0 Å². The minimum absolute atomic E-state index is 0.329. The van der Waals surface area contributed by atoms with Crippen molar-refractivity contribution in [1.82, 2.24) is 18.7 Å². The lowest BCUT2D eigenvalue weighted by molar-refractivity contribution is 0.560. The fourth-order valence-electron chi connectivity index (χ4n) is 3.16. The van der Waals surface area contributed by atoms with Crippen molar-refractivity contribution in [2.24, 2.45) is 14.1 Å². The summed E-state index contributed by atoms with van der Waals surface area (Å²) in [5, 5.41) is 0.656. The lowest BCUT2D eigenvalue weighted by Crippen LogP contribution is -2.37. The highest BCUT2D eigenvalue weighted by Gasteiger charge is 2.23. The van der Waals surface area contributed by atoms with Crippen LogP contribution in [-0.2, 0) is 20.6 Å². The minimum Gasteiger partial charge on any atom is -0.342 e. The highest BCUT2D eigenvalue weighted by atomic mass is 35.5. The fourth-order valence-corrected chi connectivity index (χ4v) is 3.23. The van der Waals surface area contributed by atoms with Gasteiger partial charge in [0.25, 0.3) is 5.56 Å². The maximum absolute atomic E-state index is 12.7. The normalized spacial score (nSPS) is 16.2. The summed E-state index contributed by atoms with van der Waals surface area (Å²) in [6.07, 6.45) is 5.26. The van der Waals surface area contributed by atoms with E-state index in [-0.39, 0.29) is 11.2 Å². The van der Waals surface area contributed by atoms with E-state index in [2.05, 4.69) is 9.88 Å². The number of hydrogen-bond acceptors (Lipinski definition) is 4. The number of halogens is 1. The molecule has 1 aliphatic rings. The van der Waals surface area contributed by atoms with Crippen LogP contribution in [-0.4, -0.2) is 31.8 Å². The van der Waals surface area contributed by atoms with Crippen LogP contribution in [0.15, 0.2) is 20.7 Å². The van der Waals surface area contributed by atoms with Crippen LogP contribution in [0.4, 0.5) is 5.95 Å². The van der Waals surface area contributed by atoms with Gasteiger partial charge in [-0.1, -0.05) is 17.7 Å². The lowest BCUT2D eigenvalue weighted by Gasteiger charge is -2.27. The van der Waals surface area contributed by atoms with E-state index < -0.39 is 0 Å². The summed E-state index contributed by atoms with van der Waals surface area (Å²) in [6.45, 7) is 4.06. The average Bonchev–Trinajstić information content (AvgIpc) is 2.96. The molecule has 0 N–H and O–H groups in total. The zero-order chi connectivity index (χ0) is 17.4. The first-order valence-electron chi connectivity index (χ1n) is 8.15. The van der Waals surface area contributed by atoms with Gasteiger partial charge < -0.3 is 9.47 Å². The van der Waals surface area contributed by atoms with Crippen LogP contribution in [0.25, 0.3) is 11.2 Å². The van der Waals surface area contributed by atoms with Gasteiger partial charge in [-0.05, 0) is 26.2 Å². The Morgan fingerprint density at radius 3 is 2.46 bits per heavy atom. The molecule has 0 unspecified atom stereocenters. The van der Waals surface area contributed by atoms with Gasteiger partial charge >= 0.3 is 5.69 Å². The van der Waals surface area contributed by atoms with Gasteiger partial charge in [-0.3, -0.25) is 13.9 Å². The number of nitrogens with zero attached hydrogens (tertiary/aromatic N) is 5. The largest absolute Gasteiger partial charge is 0.342 e. The number of aromatic nitrogens is 4. The molecule has 0 aromatic carbocycles. The molecule has 7 nitrogen and oxygen atoms in total. The topological polar surface area (TPSA) is 65.1 Å². The van der Waals surface area contributed by atoms with E-state index in [1.54, 1.807) is 14.0 Å². The number of piperidine rings is 1. The molecular weight excluding hydrogens is 330 g/mol. The lowest BCUT2D eigenvalue weighted by atomic mass is 10.1. The zero-order valence-electron chi connectivity index (χ0n) is 14.3. The van der Waals surface area contributed by atoms with Crippen LogP contribution in [0.5, 0.6) is 0 Å². The molecule has 0 aliphatic carbocycles. The predicted molar refractivity (Wildman–Crippen MR) is 95.9 cm³/mol. The molecule has 1 saturated heterocycles. The molecule has 130 valence electrons. The average molecular weight is 352 g/mol. The number of fused-ring (bicyclic) bond motifs is 1. The molecule has 0 amide bonds. The molecule has 0 radical (unpaired) electrons. The summed E-state index contributed by atoms with van der Waals surface area (Å²) in [5.41, 5.74) is 0.162. The summed E-state index contributed by atoms with van der Waals surface area (Å²) >= 11 is 5.99. The summed E-state index contributed by atoms with van der Waals surface area (Å²) in [7, 11) is 3.13. The molecule has 2 aromatic heterocycles. The third kappa shape index (κ3) is 2.77. The monoisotopic (exact) mass is 351 g/mol. The van der Waals surface area contributed by atoms with Crippen molar-refractivity contribution in [3.8, 4) is 0 Å². The number of rotatable bonds is 3. The second-order valence-corrected chi connectivity index (χ2v) is 6.84. The van der Waals surface area contributed by atoms with Crippen LogP contribution in [0, 0.1) is 0 Å². The standard InChI is InChI=1S/C16H22ClN5O2/c1-11(17)7-10-22-12-13(19(2)16(24)20(3)14(12)23)18-15(22)21-8-5-4-6-9-21/h7H,4-6,8-10H2,1-3H3. The number of anilines is 1. The van der Waals surface area contributed by atoms with Crippen molar-refractivity contribution in [1.29, 1.82) is 0 Å². The van der Waals surface area contributed by atoms with Crippen molar-refractivity contribution in [3.63, 3.8) is 0 Å². The van der Waals surface area contributed by atoms with Crippen molar-refractivity contribution >= 4 is 28.7 Å². The van der Waals surface area contributed by atoms with E-state index in [0.717, 1.165) is 36.4 Å². The Morgan fingerprint density at radius 1 is 1.17 bits per heavy atom. The first-order valence-corrected chi connectivity index (χ1v) is 8.53. The van der Waals surface area contributed by atoms with Gasteiger partial charge in [0.05, 0.1) is 0 Å². The Balaban J connectivity index is 2.30. The second-order valence-electron chi connectivity index (χ2n) is 6.24. The van der Waals surface area contributed by atoms with E-state index in [0.29, 0.717) is 22.7 Å². The highest BCUT2D eigenvalue weighted by molar-refractivity contribution is 6.29. The van der Waals surface area contributed by atoms with E-state index >= 15 is 0 Å².